The van der Waals surface area contributed by atoms with E-state index < -0.39 is 8.32 Å². The molecule has 1 aliphatic rings. The fraction of sp³-hybridized carbons (Fsp3) is 0.650. The summed E-state index contributed by atoms with van der Waals surface area (Å²) >= 11 is 0. The molecule has 0 bridgehead atoms. The van der Waals surface area contributed by atoms with Crippen LogP contribution in [0, 0.1) is 11.8 Å². The van der Waals surface area contributed by atoms with Gasteiger partial charge in [0.15, 0.2) is 8.32 Å². The van der Waals surface area contributed by atoms with Crippen molar-refractivity contribution >= 4 is 14.1 Å². The zero-order valence-electron chi connectivity index (χ0n) is 15.8. The highest BCUT2D eigenvalue weighted by Crippen LogP contribution is 2.38. The average molecular weight is 349 g/mol. The molecule has 134 valence electrons. The Morgan fingerprint density at radius 3 is 2.21 bits per heavy atom. The van der Waals surface area contributed by atoms with Crippen LogP contribution in [0.5, 0.6) is 0 Å². The van der Waals surface area contributed by atoms with Gasteiger partial charge in [0.05, 0.1) is 13.2 Å². The van der Waals surface area contributed by atoms with Crippen molar-refractivity contribution in [3.63, 3.8) is 0 Å². The van der Waals surface area contributed by atoms with Gasteiger partial charge < -0.3 is 9.16 Å². The second kappa shape index (κ2) is 7.94. The van der Waals surface area contributed by atoms with Gasteiger partial charge >= 0.3 is 0 Å². The number of hydrogen-bond acceptors (Lipinski definition) is 3. The average Bonchev–Trinajstić information content (AvgIpc) is 2.85. The van der Waals surface area contributed by atoms with Crippen molar-refractivity contribution in [3.05, 3.63) is 35.9 Å². The summed E-state index contributed by atoms with van der Waals surface area (Å²) in [6.07, 6.45) is 1.29. The Hall–Kier alpha value is -0.973. The molecule has 1 fully saturated rings. The normalized spacial score (nSPS) is 22.1. The van der Waals surface area contributed by atoms with E-state index in [1.165, 1.54) is 5.56 Å². The first-order valence-corrected chi connectivity index (χ1v) is 11.9. The summed E-state index contributed by atoms with van der Waals surface area (Å²) in [5.41, 5.74) is 1.18. The van der Waals surface area contributed by atoms with Gasteiger partial charge in [-0.25, -0.2) is 0 Å². The zero-order chi connectivity index (χ0) is 17.8. The minimum absolute atomic E-state index is 0.203. The number of Topliss-reactive ketones (excluding diaryl/α,β-unsaturated/α-hetero) is 1. The SMILES string of the molecule is CC(C)(C)[Si](C)(C)OC[C@@H]1CC(=O)C[C@H]1COCc1ccccc1. The van der Waals surface area contributed by atoms with Gasteiger partial charge in [0, 0.05) is 19.4 Å². The van der Waals surface area contributed by atoms with Crippen LogP contribution in [0.25, 0.3) is 0 Å². The molecule has 0 amide bonds. The summed E-state index contributed by atoms with van der Waals surface area (Å²) in [5.74, 6) is 0.959. The number of ether oxygens (including phenoxy) is 1. The Morgan fingerprint density at radius 1 is 1.04 bits per heavy atom. The molecule has 2 atom stereocenters. The maximum Gasteiger partial charge on any atom is 0.191 e. The summed E-state index contributed by atoms with van der Waals surface area (Å²) in [6.45, 7) is 13.2. The fourth-order valence-corrected chi connectivity index (χ4v) is 3.89. The molecule has 24 heavy (non-hydrogen) atoms. The third-order valence-corrected chi connectivity index (χ3v) is 10.1. The van der Waals surface area contributed by atoms with Crippen LogP contribution in [-0.4, -0.2) is 27.3 Å². The Bertz CT molecular complexity index is 534. The molecule has 4 heteroatoms. The summed E-state index contributed by atoms with van der Waals surface area (Å²) in [5, 5.41) is 0.203. The summed E-state index contributed by atoms with van der Waals surface area (Å²) < 4.78 is 12.2. The number of carbonyl (C=O) groups is 1. The summed E-state index contributed by atoms with van der Waals surface area (Å²) in [6, 6.07) is 10.2. The van der Waals surface area contributed by atoms with E-state index in [0.717, 1.165) is 0 Å². The van der Waals surface area contributed by atoms with Crippen molar-refractivity contribution in [1.82, 2.24) is 0 Å². The maximum atomic E-state index is 11.9. The molecule has 0 aromatic heterocycles. The molecule has 0 saturated heterocycles. The van der Waals surface area contributed by atoms with Gasteiger partial charge in [-0.1, -0.05) is 51.1 Å². The molecule has 3 nitrogen and oxygen atoms in total. The van der Waals surface area contributed by atoms with Crippen LogP contribution in [0.1, 0.15) is 39.2 Å². The highest BCUT2D eigenvalue weighted by molar-refractivity contribution is 6.74. The van der Waals surface area contributed by atoms with E-state index in [1.807, 2.05) is 18.2 Å². The van der Waals surface area contributed by atoms with Crippen LogP contribution >= 0.6 is 0 Å². The van der Waals surface area contributed by atoms with Crippen molar-refractivity contribution in [1.29, 1.82) is 0 Å². The fourth-order valence-electron chi connectivity index (χ4n) is 2.83. The minimum atomic E-state index is -1.76. The first kappa shape index (κ1) is 19.4. The second-order valence-electron chi connectivity index (χ2n) is 8.54. The van der Waals surface area contributed by atoms with Crippen molar-refractivity contribution in [2.75, 3.05) is 13.2 Å². The van der Waals surface area contributed by atoms with Crippen LogP contribution in [0.4, 0.5) is 0 Å². The van der Waals surface area contributed by atoms with Gasteiger partial charge in [-0.2, -0.15) is 0 Å². The number of benzene rings is 1. The van der Waals surface area contributed by atoms with Crippen molar-refractivity contribution in [2.24, 2.45) is 11.8 Å². The van der Waals surface area contributed by atoms with E-state index in [-0.39, 0.29) is 5.04 Å². The summed E-state index contributed by atoms with van der Waals surface area (Å²) in [7, 11) is -1.76. The minimum Gasteiger partial charge on any atom is -0.417 e. The molecule has 0 unspecified atom stereocenters. The molecule has 0 heterocycles. The van der Waals surface area contributed by atoms with Gasteiger partial charge in [0.1, 0.15) is 5.78 Å². The molecular formula is C20H32O3Si. The number of rotatable bonds is 7. The van der Waals surface area contributed by atoms with Crippen LogP contribution in [0.15, 0.2) is 30.3 Å². The zero-order valence-corrected chi connectivity index (χ0v) is 16.8. The van der Waals surface area contributed by atoms with E-state index >= 15 is 0 Å². The van der Waals surface area contributed by atoms with Gasteiger partial charge in [0.2, 0.25) is 0 Å². The van der Waals surface area contributed by atoms with Gasteiger partial charge in [-0.3, -0.25) is 4.79 Å². The van der Waals surface area contributed by atoms with E-state index in [1.54, 1.807) is 0 Å². The lowest BCUT2D eigenvalue weighted by Gasteiger charge is -2.37. The second-order valence-corrected chi connectivity index (χ2v) is 13.3. The Balaban J connectivity index is 1.84. The lowest BCUT2D eigenvalue weighted by atomic mass is 9.98. The van der Waals surface area contributed by atoms with E-state index in [2.05, 4.69) is 46.0 Å². The monoisotopic (exact) mass is 348 g/mol. The maximum absolute atomic E-state index is 11.9. The number of ketones is 1. The largest absolute Gasteiger partial charge is 0.417 e. The van der Waals surface area contributed by atoms with E-state index in [4.69, 9.17) is 9.16 Å². The standard InChI is InChI=1S/C20H32O3Si/c1-20(2,3)24(4,5)23-15-18-12-19(21)11-17(18)14-22-13-16-9-7-6-8-10-16/h6-10,17-18H,11-15H2,1-5H3/t17-,18-/m0/s1. The Kier molecular flexibility index (Phi) is 6.40. The lowest BCUT2D eigenvalue weighted by Crippen LogP contribution is -2.42. The Morgan fingerprint density at radius 2 is 1.62 bits per heavy atom. The van der Waals surface area contributed by atoms with E-state index in [0.29, 0.717) is 50.3 Å². The molecule has 1 aliphatic carbocycles. The van der Waals surface area contributed by atoms with Crippen LogP contribution < -0.4 is 0 Å². The van der Waals surface area contributed by atoms with Gasteiger partial charge in [0.25, 0.3) is 0 Å². The first-order chi connectivity index (χ1) is 11.2. The smallest absolute Gasteiger partial charge is 0.191 e. The summed E-state index contributed by atoms with van der Waals surface area (Å²) in [4.78, 5) is 11.9. The molecule has 2 rings (SSSR count). The van der Waals surface area contributed by atoms with Gasteiger partial charge in [-0.05, 0) is 35.5 Å². The van der Waals surface area contributed by atoms with Crippen molar-refractivity contribution in [2.45, 2.75) is 58.4 Å². The van der Waals surface area contributed by atoms with Crippen LogP contribution in [0.3, 0.4) is 0 Å². The first-order valence-electron chi connectivity index (χ1n) is 8.96. The molecule has 1 aromatic carbocycles. The predicted molar refractivity (Wildman–Crippen MR) is 100 cm³/mol. The van der Waals surface area contributed by atoms with Crippen LogP contribution in [-0.2, 0) is 20.6 Å². The predicted octanol–water partition coefficient (Wildman–Crippen LogP) is 4.82. The molecule has 0 aliphatic heterocycles. The number of hydrogen-bond donors (Lipinski definition) is 0. The number of carbonyl (C=O) groups excluding carboxylic acids is 1. The van der Waals surface area contributed by atoms with Crippen LogP contribution in [0.2, 0.25) is 18.1 Å². The molecule has 0 spiro atoms. The highest BCUT2D eigenvalue weighted by Gasteiger charge is 2.40. The topological polar surface area (TPSA) is 35.5 Å². The molecule has 1 aromatic rings. The quantitative estimate of drug-likeness (QED) is 0.663. The molecule has 0 N–H and O–H groups in total. The van der Waals surface area contributed by atoms with Crippen molar-refractivity contribution in [3.8, 4) is 0 Å². The third kappa shape index (κ3) is 5.26. The molecular weight excluding hydrogens is 316 g/mol. The third-order valence-electron chi connectivity index (χ3n) is 5.55. The lowest BCUT2D eigenvalue weighted by molar-refractivity contribution is -0.117. The van der Waals surface area contributed by atoms with E-state index in [9.17, 15) is 4.79 Å². The van der Waals surface area contributed by atoms with Crippen molar-refractivity contribution < 1.29 is 14.0 Å². The Labute approximate surface area is 147 Å². The highest BCUT2D eigenvalue weighted by atomic mass is 28.4. The molecule has 1 saturated carbocycles. The molecule has 0 radical (unpaired) electrons. The van der Waals surface area contributed by atoms with Gasteiger partial charge in [-0.15, -0.1) is 0 Å².